The zero-order valence-electron chi connectivity index (χ0n) is 12.0. The second-order valence-electron chi connectivity index (χ2n) is 5.03. The Morgan fingerprint density at radius 3 is 2.52 bits per heavy atom. The summed E-state index contributed by atoms with van der Waals surface area (Å²) >= 11 is 6.01. The first-order valence-electron chi connectivity index (χ1n) is 6.68. The van der Waals surface area contributed by atoms with Crippen molar-refractivity contribution in [2.45, 2.75) is 11.8 Å². The zero-order chi connectivity index (χ0) is 16.8. The van der Waals surface area contributed by atoms with E-state index in [0.29, 0.717) is 21.5 Å². The number of benzene rings is 2. The number of carbonyl (C=O) groups is 1. The van der Waals surface area contributed by atoms with Crippen LogP contribution in [0.3, 0.4) is 0 Å². The van der Waals surface area contributed by atoms with Gasteiger partial charge in [-0.3, -0.25) is 0 Å². The quantitative estimate of drug-likeness (QED) is 0.784. The summed E-state index contributed by atoms with van der Waals surface area (Å²) in [5.74, 6) is -1.18. The molecule has 118 valence electrons. The molecule has 0 saturated carbocycles. The van der Waals surface area contributed by atoms with Gasteiger partial charge in [0.2, 0.25) is 0 Å². The summed E-state index contributed by atoms with van der Waals surface area (Å²) in [6.45, 7) is 1.61. The Morgan fingerprint density at radius 2 is 1.83 bits per heavy atom. The van der Waals surface area contributed by atoms with Gasteiger partial charge < -0.3 is 5.11 Å². The molecule has 7 heteroatoms. The van der Waals surface area contributed by atoms with E-state index in [0.717, 1.165) is 10.2 Å². The lowest BCUT2D eigenvalue weighted by atomic mass is 10.2. The van der Waals surface area contributed by atoms with E-state index in [1.807, 2.05) is 0 Å². The fourth-order valence-corrected chi connectivity index (χ4v) is 4.34. The number of carboxylic acids is 1. The second-order valence-corrected chi connectivity index (χ2v) is 7.22. The average molecular weight is 350 g/mol. The molecule has 0 spiro atoms. The maximum Gasteiger partial charge on any atom is 0.337 e. The molecule has 3 aromatic rings. The molecule has 0 atom stereocenters. The molecule has 0 fully saturated rings. The summed E-state index contributed by atoms with van der Waals surface area (Å²) < 4.78 is 26.9. The number of hydrogen-bond acceptors (Lipinski definition) is 3. The minimum atomic E-state index is -3.96. The van der Waals surface area contributed by atoms with Crippen LogP contribution in [-0.4, -0.2) is 23.5 Å². The number of aromatic carboxylic acids is 1. The third-order valence-corrected chi connectivity index (χ3v) is 5.89. The van der Waals surface area contributed by atoms with Crippen molar-refractivity contribution in [3.63, 3.8) is 0 Å². The summed E-state index contributed by atoms with van der Waals surface area (Å²) in [5, 5.41) is 10.0. The molecule has 1 heterocycles. The highest BCUT2D eigenvalue weighted by molar-refractivity contribution is 7.90. The van der Waals surface area contributed by atoms with Crippen LogP contribution in [0.1, 0.15) is 15.9 Å². The van der Waals surface area contributed by atoms with Gasteiger partial charge in [0.1, 0.15) is 0 Å². The van der Waals surface area contributed by atoms with Gasteiger partial charge in [0.15, 0.2) is 0 Å². The highest BCUT2D eigenvalue weighted by Crippen LogP contribution is 2.29. The molecular weight excluding hydrogens is 338 g/mol. The minimum absolute atomic E-state index is 0.0442. The van der Waals surface area contributed by atoms with Crippen LogP contribution in [0.5, 0.6) is 0 Å². The monoisotopic (exact) mass is 349 g/mol. The second kappa shape index (κ2) is 5.40. The molecule has 0 aliphatic rings. The van der Waals surface area contributed by atoms with E-state index >= 15 is 0 Å². The maximum absolute atomic E-state index is 13.0. The van der Waals surface area contributed by atoms with Gasteiger partial charge in [-0.2, -0.15) is 0 Å². The van der Waals surface area contributed by atoms with Crippen LogP contribution in [0.15, 0.2) is 53.6 Å². The molecule has 23 heavy (non-hydrogen) atoms. The summed E-state index contributed by atoms with van der Waals surface area (Å²) in [6.07, 6.45) is 1.13. The van der Waals surface area contributed by atoms with Crippen LogP contribution < -0.4 is 0 Å². The molecule has 0 radical (unpaired) electrons. The molecule has 0 saturated heterocycles. The van der Waals surface area contributed by atoms with E-state index in [2.05, 4.69) is 0 Å². The first-order chi connectivity index (χ1) is 10.8. The van der Waals surface area contributed by atoms with Gasteiger partial charge in [-0.05, 0) is 30.7 Å². The minimum Gasteiger partial charge on any atom is -0.478 e. The van der Waals surface area contributed by atoms with E-state index in [9.17, 15) is 18.3 Å². The molecule has 0 aliphatic carbocycles. The zero-order valence-corrected chi connectivity index (χ0v) is 13.6. The van der Waals surface area contributed by atoms with Crippen molar-refractivity contribution in [3.8, 4) is 0 Å². The van der Waals surface area contributed by atoms with Crippen molar-refractivity contribution in [3.05, 3.63) is 64.8 Å². The molecule has 0 unspecified atom stereocenters. The standard InChI is InChI=1S/C16H12ClNO4S/c1-10-13(17)6-4-8-15(10)23(21,22)18-9-12(16(19)20)11-5-2-3-7-14(11)18/h2-9H,1H3,(H,19,20). The van der Waals surface area contributed by atoms with Crippen LogP contribution in [0, 0.1) is 6.92 Å². The number of para-hydroxylation sites is 1. The number of fused-ring (bicyclic) bond motifs is 1. The number of halogens is 1. The topological polar surface area (TPSA) is 76.4 Å². The predicted octanol–water partition coefficient (Wildman–Crippen LogP) is 3.54. The van der Waals surface area contributed by atoms with E-state index in [-0.39, 0.29) is 10.5 Å². The van der Waals surface area contributed by atoms with Crippen molar-refractivity contribution in [1.29, 1.82) is 0 Å². The highest BCUT2D eigenvalue weighted by atomic mass is 35.5. The first kappa shape index (κ1) is 15.6. The third kappa shape index (κ3) is 2.40. The van der Waals surface area contributed by atoms with Gasteiger partial charge in [0.25, 0.3) is 10.0 Å². The molecule has 1 N–H and O–H groups in total. The van der Waals surface area contributed by atoms with Gasteiger partial charge in [0.05, 0.1) is 16.0 Å². The SMILES string of the molecule is Cc1c(Cl)cccc1S(=O)(=O)n1cc(C(=O)O)c2ccccc21. The number of aromatic nitrogens is 1. The van der Waals surface area contributed by atoms with Crippen LogP contribution in [0.4, 0.5) is 0 Å². The van der Waals surface area contributed by atoms with E-state index in [4.69, 9.17) is 11.6 Å². The number of hydrogen-bond donors (Lipinski definition) is 1. The first-order valence-corrected chi connectivity index (χ1v) is 8.50. The summed E-state index contributed by atoms with van der Waals surface area (Å²) in [5.41, 5.74) is 0.664. The van der Waals surface area contributed by atoms with Gasteiger partial charge in [0, 0.05) is 16.6 Å². The largest absolute Gasteiger partial charge is 0.478 e. The van der Waals surface area contributed by atoms with Crippen LogP contribution in [0.25, 0.3) is 10.9 Å². The van der Waals surface area contributed by atoms with E-state index < -0.39 is 16.0 Å². The van der Waals surface area contributed by atoms with Gasteiger partial charge in [-0.15, -0.1) is 0 Å². The van der Waals surface area contributed by atoms with Crippen molar-refractivity contribution in [1.82, 2.24) is 3.97 Å². The van der Waals surface area contributed by atoms with Crippen molar-refractivity contribution < 1.29 is 18.3 Å². The van der Waals surface area contributed by atoms with Crippen molar-refractivity contribution in [2.24, 2.45) is 0 Å². The Hall–Kier alpha value is -2.31. The lowest BCUT2D eigenvalue weighted by Crippen LogP contribution is -2.13. The number of rotatable bonds is 3. The lowest BCUT2D eigenvalue weighted by Gasteiger charge is -2.11. The fraction of sp³-hybridized carbons (Fsp3) is 0.0625. The lowest BCUT2D eigenvalue weighted by molar-refractivity contribution is 0.0699. The van der Waals surface area contributed by atoms with Gasteiger partial charge in [-0.1, -0.05) is 35.9 Å². The molecule has 3 rings (SSSR count). The molecule has 0 bridgehead atoms. The predicted molar refractivity (Wildman–Crippen MR) is 87.7 cm³/mol. The van der Waals surface area contributed by atoms with Crippen LogP contribution in [-0.2, 0) is 10.0 Å². The molecule has 0 aliphatic heterocycles. The van der Waals surface area contributed by atoms with Crippen LogP contribution >= 0.6 is 11.6 Å². The van der Waals surface area contributed by atoms with E-state index in [1.54, 1.807) is 43.3 Å². The molecule has 5 nitrogen and oxygen atoms in total. The molecule has 0 amide bonds. The Morgan fingerprint density at radius 1 is 1.13 bits per heavy atom. The summed E-state index contributed by atoms with van der Waals surface area (Å²) in [7, 11) is -3.96. The number of carboxylic acid groups (broad SMARTS) is 1. The highest BCUT2D eigenvalue weighted by Gasteiger charge is 2.25. The fourth-order valence-electron chi connectivity index (χ4n) is 2.49. The van der Waals surface area contributed by atoms with Crippen LogP contribution in [0.2, 0.25) is 5.02 Å². The van der Waals surface area contributed by atoms with E-state index in [1.165, 1.54) is 6.07 Å². The average Bonchev–Trinajstić information content (AvgIpc) is 2.90. The Balaban J connectivity index is 2.36. The molecular formula is C16H12ClNO4S. The summed E-state index contributed by atoms with van der Waals surface area (Å²) in [6, 6.07) is 11.1. The third-order valence-electron chi connectivity index (χ3n) is 3.66. The smallest absolute Gasteiger partial charge is 0.337 e. The Kier molecular flexibility index (Phi) is 3.66. The number of nitrogens with zero attached hydrogens (tertiary/aromatic N) is 1. The van der Waals surface area contributed by atoms with Crippen molar-refractivity contribution >= 4 is 38.5 Å². The van der Waals surface area contributed by atoms with Gasteiger partial charge >= 0.3 is 5.97 Å². The molecule has 1 aromatic heterocycles. The Labute approximate surface area is 137 Å². The molecule has 2 aromatic carbocycles. The summed E-state index contributed by atoms with van der Waals surface area (Å²) in [4.78, 5) is 11.4. The maximum atomic E-state index is 13.0. The van der Waals surface area contributed by atoms with Crippen molar-refractivity contribution in [2.75, 3.05) is 0 Å². The normalized spacial score (nSPS) is 11.7. The van der Waals surface area contributed by atoms with Gasteiger partial charge in [-0.25, -0.2) is 17.2 Å². The Bertz CT molecular complexity index is 1040.